The first kappa shape index (κ1) is 21.8. The van der Waals surface area contributed by atoms with E-state index in [0.29, 0.717) is 34.5 Å². The van der Waals surface area contributed by atoms with Crippen molar-refractivity contribution >= 4 is 16.9 Å². The highest BCUT2D eigenvalue weighted by atomic mass is 19.4. The molecule has 0 saturated carbocycles. The van der Waals surface area contributed by atoms with Crippen molar-refractivity contribution in [2.45, 2.75) is 43.9 Å². The normalized spacial score (nSPS) is 19.9. The summed E-state index contributed by atoms with van der Waals surface area (Å²) in [6, 6.07) is 4.32. The smallest absolute Gasteiger partial charge is 0.325 e. The Labute approximate surface area is 198 Å². The molecule has 6 heterocycles. The second-order valence-electron chi connectivity index (χ2n) is 9.24. The van der Waals surface area contributed by atoms with Crippen LogP contribution in [0.3, 0.4) is 0 Å². The minimum Gasteiger partial charge on any atom is -0.325 e. The Morgan fingerprint density at radius 2 is 1.86 bits per heavy atom. The molecule has 1 amide bonds. The third-order valence-electron chi connectivity index (χ3n) is 7.12. The summed E-state index contributed by atoms with van der Waals surface area (Å²) in [5, 5.41) is 13.6. The zero-order valence-corrected chi connectivity index (χ0v) is 19.4. The summed E-state index contributed by atoms with van der Waals surface area (Å²) in [5.41, 5.74) is 2.64. The molecular weight excluding hydrogens is 461 g/mol. The number of hydrogen-bond donors (Lipinski definition) is 0. The van der Waals surface area contributed by atoms with Crippen molar-refractivity contribution in [2.75, 3.05) is 0 Å². The van der Waals surface area contributed by atoms with Crippen LogP contribution in [-0.4, -0.2) is 51.2 Å². The van der Waals surface area contributed by atoms with Crippen LogP contribution in [0.2, 0.25) is 0 Å². The van der Waals surface area contributed by atoms with E-state index < -0.39 is 11.9 Å². The lowest BCUT2D eigenvalue weighted by molar-refractivity contribution is -0.141. The molecule has 0 spiro atoms. The number of nitrogens with zero attached hydrogens (tertiary/aromatic N) is 8. The van der Waals surface area contributed by atoms with Gasteiger partial charge in [-0.25, -0.2) is 9.67 Å². The summed E-state index contributed by atoms with van der Waals surface area (Å²) in [6.07, 6.45) is 0.119. The molecule has 0 aliphatic carbocycles. The van der Waals surface area contributed by atoms with Crippen LogP contribution < -0.4 is 0 Å². The number of carbonyl (C=O) groups excluding carboxylic acids is 1. The molecule has 35 heavy (non-hydrogen) atoms. The van der Waals surface area contributed by atoms with E-state index in [0.717, 1.165) is 36.6 Å². The Morgan fingerprint density at radius 1 is 1.06 bits per heavy atom. The number of hydrogen-bond acceptors (Lipinski definition) is 5. The second-order valence-corrected chi connectivity index (χ2v) is 9.24. The fourth-order valence-electron chi connectivity index (χ4n) is 5.67. The van der Waals surface area contributed by atoms with Gasteiger partial charge in [-0.1, -0.05) is 0 Å². The SMILES string of the molecule is Cn1nc(C(F)(F)F)cc1-c1c2c(nn1C)[C@@H]1CCC[C@H](C2)N1C(=O)c1nn(C)c2ncccc12. The molecule has 0 unspecified atom stereocenters. The lowest BCUT2D eigenvalue weighted by Crippen LogP contribution is -2.50. The van der Waals surface area contributed by atoms with Gasteiger partial charge in [0.2, 0.25) is 0 Å². The number of aryl methyl sites for hydroxylation is 3. The predicted molar refractivity (Wildman–Crippen MR) is 119 cm³/mol. The van der Waals surface area contributed by atoms with Crippen LogP contribution in [0.1, 0.15) is 52.7 Å². The van der Waals surface area contributed by atoms with Crippen LogP contribution in [0.4, 0.5) is 13.2 Å². The van der Waals surface area contributed by atoms with Crippen molar-refractivity contribution in [3.8, 4) is 11.4 Å². The average Bonchev–Trinajstić information content (AvgIpc) is 3.46. The molecule has 12 heteroatoms. The minimum atomic E-state index is -4.53. The molecule has 6 rings (SSSR count). The van der Waals surface area contributed by atoms with Crippen molar-refractivity contribution < 1.29 is 18.0 Å². The maximum absolute atomic E-state index is 13.8. The lowest BCUT2D eigenvalue weighted by atomic mass is 9.82. The van der Waals surface area contributed by atoms with Crippen LogP contribution >= 0.6 is 0 Å². The third kappa shape index (κ3) is 3.18. The first-order valence-electron chi connectivity index (χ1n) is 11.4. The number of amides is 1. The maximum Gasteiger partial charge on any atom is 0.435 e. The Hall–Kier alpha value is -3.70. The largest absolute Gasteiger partial charge is 0.435 e. The zero-order chi connectivity index (χ0) is 24.6. The molecule has 2 bridgehead atoms. The van der Waals surface area contributed by atoms with Crippen molar-refractivity contribution in [1.29, 1.82) is 0 Å². The Balaban J connectivity index is 1.44. The van der Waals surface area contributed by atoms with Crippen molar-refractivity contribution in [2.24, 2.45) is 21.1 Å². The zero-order valence-electron chi connectivity index (χ0n) is 19.4. The Morgan fingerprint density at radius 3 is 2.60 bits per heavy atom. The first-order chi connectivity index (χ1) is 16.6. The number of carbonyl (C=O) groups is 1. The predicted octanol–water partition coefficient (Wildman–Crippen LogP) is 3.41. The summed E-state index contributed by atoms with van der Waals surface area (Å²) >= 11 is 0. The molecular formula is C23H23F3N8O. The van der Waals surface area contributed by atoms with Crippen LogP contribution in [-0.2, 0) is 33.7 Å². The molecule has 2 atom stereocenters. The van der Waals surface area contributed by atoms with Crippen molar-refractivity contribution in [1.82, 2.24) is 39.2 Å². The van der Waals surface area contributed by atoms with Gasteiger partial charge in [0.15, 0.2) is 17.0 Å². The fraction of sp³-hybridized carbons (Fsp3) is 0.435. The molecule has 1 fully saturated rings. The van der Waals surface area contributed by atoms with Gasteiger partial charge in [0, 0.05) is 38.9 Å². The van der Waals surface area contributed by atoms with Gasteiger partial charge in [0.05, 0.1) is 28.5 Å². The van der Waals surface area contributed by atoms with Gasteiger partial charge in [0.25, 0.3) is 5.91 Å². The van der Waals surface area contributed by atoms with Crippen LogP contribution in [0, 0.1) is 0 Å². The number of alkyl halides is 3. The molecule has 0 radical (unpaired) electrons. The Bertz CT molecular complexity index is 1480. The molecule has 0 aromatic carbocycles. The molecule has 4 aromatic heterocycles. The van der Waals surface area contributed by atoms with E-state index in [9.17, 15) is 18.0 Å². The number of piperidine rings is 1. The molecule has 0 N–H and O–H groups in total. The topological polar surface area (TPSA) is 86.7 Å². The van der Waals surface area contributed by atoms with E-state index >= 15 is 0 Å². The van der Waals surface area contributed by atoms with Gasteiger partial charge in [-0.15, -0.1) is 0 Å². The third-order valence-corrected chi connectivity index (χ3v) is 7.12. The minimum absolute atomic E-state index is 0.0965. The van der Waals surface area contributed by atoms with Crippen LogP contribution in [0.15, 0.2) is 24.4 Å². The van der Waals surface area contributed by atoms with Gasteiger partial charge in [0.1, 0.15) is 0 Å². The quantitative estimate of drug-likeness (QED) is 0.435. The van der Waals surface area contributed by atoms with Gasteiger partial charge >= 0.3 is 6.18 Å². The van der Waals surface area contributed by atoms with Gasteiger partial charge < -0.3 is 4.90 Å². The highest BCUT2D eigenvalue weighted by Crippen LogP contribution is 2.45. The van der Waals surface area contributed by atoms with E-state index in [1.807, 2.05) is 11.0 Å². The van der Waals surface area contributed by atoms with Crippen LogP contribution in [0.5, 0.6) is 0 Å². The standard InChI is InChI=1S/C23H23F3N8O/c1-31-16(11-17(28-31)23(24,25)26)20-14-10-12-6-4-8-15(18(14)29-32(20)2)34(12)22(35)19-13-7-5-9-27-21(13)33(3)30-19/h5,7,9,11-12,15H,4,6,8,10H2,1-3H3/t12-,15+/m1/s1. The number of fused-ring (bicyclic) bond motifs is 5. The summed E-state index contributed by atoms with van der Waals surface area (Å²) in [4.78, 5) is 20.0. The van der Waals surface area contributed by atoms with E-state index in [-0.39, 0.29) is 18.0 Å². The molecule has 2 aliphatic heterocycles. The number of pyridine rings is 1. The van der Waals surface area contributed by atoms with Gasteiger partial charge in [-0.3, -0.25) is 14.2 Å². The van der Waals surface area contributed by atoms with E-state index in [1.54, 1.807) is 35.7 Å². The van der Waals surface area contributed by atoms with Crippen molar-refractivity contribution in [3.63, 3.8) is 0 Å². The van der Waals surface area contributed by atoms with Gasteiger partial charge in [-0.2, -0.15) is 28.5 Å². The molecule has 4 aromatic rings. The summed E-state index contributed by atoms with van der Waals surface area (Å²) in [6.45, 7) is 0. The monoisotopic (exact) mass is 484 g/mol. The average molecular weight is 484 g/mol. The fourth-order valence-corrected chi connectivity index (χ4v) is 5.67. The molecule has 9 nitrogen and oxygen atoms in total. The molecule has 182 valence electrons. The second kappa shape index (κ2) is 7.40. The highest BCUT2D eigenvalue weighted by molar-refractivity contribution is 6.04. The highest BCUT2D eigenvalue weighted by Gasteiger charge is 2.45. The Kier molecular flexibility index (Phi) is 4.61. The van der Waals surface area contributed by atoms with E-state index in [1.165, 1.54) is 11.7 Å². The number of rotatable bonds is 2. The summed E-state index contributed by atoms with van der Waals surface area (Å²) < 4.78 is 44.4. The van der Waals surface area contributed by atoms with E-state index in [4.69, 9.17) is 5.10 Å². The molecule has 2 aliphatic rings. The first-order valence-corrected chi connectivity index (χ1v) is 11.4. The summed E-state index contributed by atoms with van der Waals surface area (Å²) in [7, 11) is 4.99. The van der Waals surface area contributed by atoms with Crippen LogP contribution in [0.25, 0.3) is 22.4 Å². The lowest BCUT2D eigenvalue weighted by Gasteiger charge is -2.45. The number of halogens is 3. The van der Waals surface area contributed by atoms with Crippen molar-refractivity contribution in [3.05, 3.63) is 47.0 Å². The number of aromatic nitrogens is 7. The van der Waals surface area contributed by atoms with Gasteiger partial charge in [-0.05, 0) is 43.9 Å². The maximum atomic E-state index is 13.8. The summed E-state index contributed by atoms with van der Waals surface area (Å²) in [5.74, 6) is -0.170. The van der Waals surface area contributed by atoms with E-state index in [2.05, 4.69) is 15.2 Å². The molecule has 1 saturated heterocycles.